The zero-order valence-corrected chi connectivity index (χ0v) is 9.79. The SMILES string of the molecule is CCC(CC(C)C)C1=CCC(O)CC1. The third kappa shape index (κ3) is 3.45. The third-order valence-electron chi connectivity index (χ3n) is 3.19. The lowest BCUT2D eigenvalue weighted by molar-refractivity contribution is 0.159. The lowest BCUT2D eigenvalue weighted by atomic mass is 9.82. The first-order valence-corrected chi connectivity index (χ1v) is 6.00. The van der Waals surface area contributed by atoms with Crippen LogP contribution in [0.3, 0.4) is 0 Å². The Labute approximate surface area is 88.2 Å². The molecule has 0 fully saturated rings. The topological polar surface area (TPSA) is 20.2 Å². The fourth-order valence-corrected chi connectivity index (χ4v) is 2.36. The minimum atomic E-state index is -0.0738. The van der Waals surface area contributed by atoms with Gasteiger partial charge in [-0.2, -0.15) is 0 Å². The van der Waals surface area contributed by atoms with Gasteiger partial charge in [0.05, 0.1) is 6.10 Å². The van der Waals surface area contributed by atoms with E-state index < -0.39 is 0 Å². The van der Waals surface area contributed by atoms with Crippen LogP contribution in [0.2, 0.25) is 0 Å². The van der Waals surface area contributed by atoms with Crippen molar-refractivity contribution < 1.29 is 5.11 Å². The van der Waals surface area contributed by atoms with Crippen LogP contribution < -0.4 is 0 Å². The van der Waals surface area contributed by atoms with Crippen molar-refractivity contribution >= 4 is 0 Å². The molecule has 1 aliphatic carbocycles. The molecule has 1 heteroatoms. The van der Waals surface area contributed by atoms with Gasteiger partial charge in [0.25, 0.3) is 0 Å². The number of allylic oxidation sites excluding steroid dienone is 1. The highest BCUT2D eigenvalue weighted by atomic mass is 16.3. The number of aliphatic hydroxyl groups excluding tert-OH is 1. The Hall–Kier alpha value is -0.300. The molecule has 0 aromatic rings. The summed E-state index contributed by atoms with van der Waals surface area (Å²) >= 11 is 0. The van der Waals surface area contributed by atoms with Gasteiger partial charge in [-0.15, -0.1) is 0 Å². The van der Waals surface area contributed by atoms with Crippen molar-refractivity contribution in [1.82, 2.24) is 0 Å². The molecule has 0 aliphatic heterocycles. The molecule has 1 N–H and O–H groups in total. The van der Waals surface area contributed by atoms with E-state index in [-0.39, 0.29) is 6.10 Å². The van der Waals surface area contributed by atoms with Crippen molar-refractivity contribution in [1.29, 1.82) is 0 Å². The van der Waals surface area contributed by atoms with Crippen molar-refractivity contribution in [3.05, 3.63) is 11.6 Å². The van der Waals surface area contributed by atoms with Crippen molar-refractivity contribution in [3.63, 3.8) is 0 Å². The maximum absolute atomic E-state index is 9.42. The second kappa shape index (κ2) is 5.55. The third-order valence-corrected chi connectivity index (χ3v) is 3.19. The quantitative estimate of drug-likeness (QED) is 0.682. The maximum Gasteiger partial charge on any atom is 0.0577 e. The van der Waals surface area contributed by atoms with Crippen LogP contribution in [-0.2, 0) is 0 Å². The molecule has 1 nitrogen and oxygen atoms in total. The van der Waals surface area contributed by atoms with E-state index in [9.17, 15) is 5.11 Å². The normalized spacial score (nSPS) is 24.9. The van der Waals surface area contributed by atoms with Crippen LogP contribution in [0.4, 0.5) is 0 Å². The molecular weight excluding hydrogens is 172 g/mol. The summed E-state index contributed by atoms with van der Waals surface area (Å²) in [5.41, 5.74) is 1.60. The van der Waals surface area contributed by atoms with Crippen LogP contribution in [0, 0.1) is 11.8 Å². The van der Waals surface area contributed by atoms with Crippen LogP contribution in [-0.4, -0.2) is 11.2 Å². The molecular formula is C13H24O. The van der Waals surface area contributed by atoms with Crippen LogP contribution in [0.5, 0.6) is 0 Å². The van der Waals surface area contributed by atoms with Crippen LogP contribution >= 0.6 is 0 Å². The fourth-order valence-electron chi connectivity index (χ4n) is 2.36. The minimum absolute atomic E-state index is 0.0738. The summed E-state index contributed by atoms with van der Waals surface area (Å²) in [6.45, 7) is 6.86. The second-order valence-electron chi connectivity index (χ2n) is 4.94. The summed E-state index contributed by atoms with van der Waals surface area (Å²) in [6.07, 6.45) is 7.73. The summed E-state index contributed by atoms with van der Waals surface area (Å²) in [5, 5.41) is 9.42. The molecule has 2 unspecified atom stereocenters. The van der Waals surface area contributed by atoms with Gasteiger partial charge in [-0.05, 0) is 43.9 Å². The van der Waals surface area contributed by atoms with E-state index in [1.165, 1.54) is 12.8 Å². The van der Waals surface area contributed by atoms with E-state index in [1.807, 2.05) is 0 Å². The first-order chi connectivity index (χ1) is 6.63. The van der Waals surface area contributed by atoms with E-state index in [4.69, 9.17) is 0 Å². The standard InChI is InChI=1S/C13H24O/c1-4-11(9-10(2)3)12-5-7-13(14)8-6-12/h5,10-11,13-14H,4,6-9H2,1-3H3. The Morgan fingerprint density at radius 1 is 1.50 bits per heavy atom. The number of hydrogen-bond donors (Lipinski definition) is 1. The Bertz CT molecular complexity index is 193. The molecule has 0 saturated heterocycles. The van der Waals surface area contributed by atoms with E-state index in [1.54, 1.807) is 5.57 Å². The minimum Gasteiger partial charge on any atom is -0.393 e. The Morgan fingerprint density at radius 3 is 2.64 bits per heavy atom. The Morgan fingerprint density at radius 2 is 2.21 bits per heavy atom. The number of hydrogen-bond acceptors (Lipinski definition) is 1. The highest BCUT2D eigenvalue weighted by molar-refractivity contribution is 5.10. The monoisotopic (exact) mass is 196 g/mol. The van der Waals surface area contributed by atoms with Gasteiger partial charge in [-0.3, -0.25) is 0 Å². The van der Waals surface area contributed by atoms with Crippen LogP contribution in [0.25, 0.3) is 0 Å². The van der Waals surface area contributed by atoms with E-state index in [0.717, 1.165) is 31.1 Å². The molecule has 0 aromatic heterocycles. The summed E-state index contributed by atoms with van der Waals surface area (Å²) in [7, 11) is 0. The van der Waals surface area contributed by atoms with Crippen LogP contribution in [0.1, 0.15) is 52.9 Å². The molecule has 82 valence electrons. The summed E-state index contributed by atoms with van der Waals surface area (Å²) < 4.78 is 0. The molecule has 0 radical (unpaired) electrons. The highest BCUT2D eigenvalue weighted by Crippen LogP contribution is 2.30. The number of rotatable bonds is 4. The van der Waals surface area contributed by atoms with Gasteiger partial charge in [0, 0.05) is 0 Å². The largest absolute Gasteiger partial charge is 0.393 e. The average Bonchev–Trinajstić information content (AvgIpc) is 2.15. The van der Waals surface area contributed by atoms with Crippen molar-refractivity contribution in [3.8, 4) is 0 Å². The summed E-state index contributed by atoms with van der Waals surface area (Å²) in [4.78, 5) is 0. The molecule has 1 aliphatic rings. The predicted octanol–water partition coefficient (Wildman–Crippen LogP) is 3.53. The van der Waals surface area contributed by atoms with Gasteiger partial charge in [-0.1, -0.05) is 32.4 Å². The van der Waals surface area contributed by atoms with Gasteiger partial charge in [0.2, 0.25) is 0 Å². The zero-order chi connectivity index (χ0) is 10.6. The number of aliphatic hydroxyl groups is 1. The van der Waals surface area contributed by atoms with Gasteiger partial charge in [0.1, 0.15) is 0 Å². The molecule has 1 rings (SSSR count). The smallest absolute Gasteiger partial charge is 0.0577 e. The summed E-state index contributed by atoms with van der Waals surface area (Å²) in [6, 6.07) is 0. The molecule has 0 bridgehead atoms. The first-order valence-electron chi connectivity index (χ1n) is 6.00. The molecule has 0 amide bonds. The summed E-state index contributed by atoms with van der Waals surface area (Å²) in [5.74, 6) is 1.55. The predicted molar refractivity (Wildman–Crippen MR) is 61.2 cm³/mol. The molecule has 2 atom stereocenters. The van der Waals surface area contributed by atoms with Crippen LogP contribution in [0.15, 0.2) is 11.6 Å². The van der Waals surface area contributed by atoms with Gasteiger partial charge < -0.3 is 5.11 Å². The average molecular weight is 196 g/mol. The molecule has 0 aromatic carbocycles. The lowest BCUT2D eigenvalue weighted by Crippen LogP contribution is -2.15. The van der Waals surface area contributed by atoms with E-state index in [2.05, 4.69) is 26.8 Å². The second-order valence-corrected chi connectivity index (χ2v) is 4.94. The first kappa shape index (κ1) is 11.8. The highest BCUT2D eigenvalue weighted by Gasteiger charge is 2.18. The van der Waals surface area contributed by atoms with Crippen molar-refractivity contribution in [2.45, 2.75) is 59.0 Å². The lowest BCUT2D eigenvalue weighted by Gasteiger charge is -2.25. The fraction of sp³-hybridized carbons (Fsp3) is 0.846. The van der Waals surface area contributed by atoms with Crippen molar-refractivity contribution in [2.75, 3.05) is 0 Å². The molecule has 0 spiro atoms. The van der Waals surface area contributed by atoms with E-state index >= 15 is 0 Å². The maximum atomic E-state index is 9.42. The molecule has 14 heavy (non-hydrogen) atoms. The Kier molecular flexibility index (Phi) is 4.67. The zero-order valence-electron chi connectivity index (χ0n) is 9.79. The van der Waals surface area contributed by atoms with Crippen molar-refractivity contribution in [2.24, 2.45) is 11.8 Å². The molecule has 0 heterocycles. The molecule has 0 saturated carbocycles. The van der Waals surface area contributed by atoms with E-state index in [0.29, 0.717) is 0 Å². The van der Waals surface area contributed by atoms with Gasteiger partial charge in [0.15, 0.2) is 0 Å². The van der Waals surface area contributed by atoms with Gasteiger partial charge >= 0.3 is 0 Å². The Balaban J connectivity index is 2.52. The van der Waals surface area contributed by atoms with Gasteiger partial charge in [-0.25, -0.2) is 0 Å².